The molecular formula is C15H20N6O2S. The lowest BCUT2D eigenvalue weighted by molar-refractivity contribution is -0.133. The molecule has 1 aliphatic rings. The van der Waals surface area contributed by atoms with Gasteiger partial charge < -0.3 is 9.80 Å². The summed E-state index contributed by atoms with van der Waals surface area (Å²) in [6.07, 6.45) is 2.36. The van der Waals surface area contributed by atoms with Crippen molar-refractivity contribution in [2.24, 2.45) is 0 Å². The zero-order chi connectivity index (χ0) is 17.1. The highest BCUT2D eigenvalue weighted by atomic mass is 32.1. The summed E-state index contributed by atoms with van der Waals surface area (Å²) < 4.78 is 1.40. The van der Waals surface area contributed by atoms with Gasteiger partial charge in [-0.1, -0.05) is 6.92 Å². The molecule has 2 aromatic rings. The molecule has 2 aromatic heterocycles. The molecular weight excluding hydrogens is 328 g/mol. The molecule has 0 atom stereocenters. The van der Waals surface area contributed by atoms with E-state index in [0.717, 1.165) is 11.3 Å². The number of hydrogen-bond acceptors (Lipinski definition) is 6. The molecule has 0 N–H and O–H groups in total. The van der Waals surface area contributed by atoms with Crippen molar-refractivity contribution >= 4 is 23.2 Å². The third kappa shape index (κ3) is 3.45. The van der Waals surface area contributed by atoms with Crippen molar-refractivity contribution in [3.05, 3.63) is 27.7 Å². The number of thiophene rings is 1. The summed E-state index contributed by atoms with van der Waals surface area (Å²) in [5.41, 5.74) is 1.23. The van der Waals surface area contributed by atoms with E-state index in [2.05, 4.69) is 29.4 Å². The van der Waals surface area contributed by atoms with Crippen LogP contribution in [0.25, 0.3) is 0 Å². The second-order valence-corrected chi connectivity index (χ2v) is 6.98. The second-order valence-electron chi connectivity index (χ2n) is 5.73. The van der Waals surface area contributed by atoms with Crippen LogP contribution in [0.1, 0.15) is 27.0 Å². The van der Waals surface area contributed by atoms with E-state index in [-0.39, 0.29) is 18.4 Å². The van der Waals surface area contributed by atoms with Crippen LogP contribution in [-0.2, 0) is 17.8 Å². The minimum absolute atomic E-state index is 0.0327. The topological polar surface area (TPSA) is 84.2 Å². The van der Waals surface area contributed by atoms with Crippen molar-refractivity contribution in [3.63, 3.8) is 0 Å². The van der Waals surface area contributed by atoms with Crippen LogP contribution in [0, 0.1) is 6.92 Å². The van der Waals surface area contributed by atoms with E-state index < -0.39 is 0 Å². The minimum atomic E-state index is -0.0327. The van der Waals surface area contributed by atoms with E-state index in [1.165, 1.54) is 21.4 Å². The van der Waals surface area contributed by atoms with Gasteiger partial charge in [0.15, 0.2) is 0 Å². The molecule has 0 spiro atoms. The first-order chi connectivity index (χ1) is 11.6. The van der Waals surface area contributed by atoms with Crippen molar-refractivity contribution in [3.8, 4) is 0 Å². The zero-order valence-corrected chi connectivity index (χ0v) is 14.6. The van der Waals surface area contributed by atoms with Gasteiger partial charge in [-0.15, -0.1) is 16.4 Å². The third-order valence-corrected chi connectivity index (χ3v) is 5.30. The van der Waals surface area contributed by atoms with Gasteiger partial charge in [0, 0.05) is 31.1 Å². The number of piperazine rings is 1. The van der Waals surface area contributed by atoms with Crippen LogP contribution in [0.5, 0.6) is 0 Å². The van der Waals surface area contributed by atoms with E-state index in [1.54, 1.807) is 16.2 Å². The Bertz CT molecular complexity index is 718. The van der Waals surface area contributed by atoms with Crippen LogP contribution in [0.3, 0.4) is 0 Å². The van der Waals surface area contributed by atoms with Gasteiger partial charge in [0.05, 0.1) is 4.88 Å². The van der Waals surface area contributed by atoms with Crippen molar-refractivity contribution in [1.29, 1.82) is 0 Å². The van der Waals surface area contributed by atoms with Crippen molar-refractivity contribution in [2.45, 2.75) is 26.8 Å². The normalized spacial score (nSPS) is 14.9. The third-order valence-electron chi connectivity index (χ3n) is 4.22. The monoisotopic (exact) mass is 348 g/mol. The number of carbonyl (C=O) groups is 2. The molecule has 1 aliphatic heterocycles. The number of aryl methyl sites for hydroxylation is 2. The Balaban J connectivity index is 1.56. The fraction of sp³-hybridized carbons (Fsp3) is 0.533. The van der Waals surface area contributed by atoms with Gasteiger partial charge in [0.1, 0.15) is 12.9 Å². The molecule has 1 fully saturated rings. The van der Waals surface area contributed by atoms with Gasteiger partial charge in [0.25, 0.3) is 5.91 Å². The summed E-state index contributed by atoms with van der Waals surface area (Å²) >= 11 is 1.55. The van der Waals surface area contributed by atoms with E-state index in [0.29, 0.717) is 26.2 Å². The molecule has 3 heterocycles. The number of hydrogen-bond donors (Lipinski definition) is 0. The maximum atomic E-state index is 12.6. The number of carbonyl (C=O) groups excluding carboxylic acids is 2. The Morgan fingerprint density at radius 3 is 2.50 bits per heavy atom. The van der Waals surface area contributed by atoms with Gasteiger partial charge in [-0.05, 0) is 35.4 Å². The van der Waals surface area contributed by atoms with Crippen molar-refractivity contribution < 1.29 is 9.59 Å². The van der Waals surface area contributed by atoms with Crippen LogP contribution >= 0.6 is 11.3 Å². The van der Waals surface area contributed by atoms with Gasteiger partial charge in [0.2, 0.25) is 5.91 Å². The molecule has 3 rings (SSSR count). The number of amides is 2. The molecule has 0 saturated carbocycles. The molecule has 24 heavy (non-hydrogen) atoms. The minimum Gasteiger partial charge on any atom is -0.338 e. The lowest BCUT2D eigenvalue weighted by Gasteiger charge is -2.34. The molecule has 0 unspecified atom stereocenters. The van der Waals surface area contributed by atoms with Crippen LogP contribution in [0.15, 0.2) is 12.4 Å². The molecule has 0 aliphatic carbocycles. The molecule has 0 bridgehead atoms. The maximum Gasteiger partial charge on any atom is 0.264 e. The summed E-state index contributed by atoms with van der Waals surface area (Å²) in [5.74, 6) is 0.0324. The Hall–Kier alpha value is -2.29. The maximum absolute atomic E-state index is 12.6. The summed E-state index contributed by atoms with van der Waals surface area (Å²) in [4.78, 5) is 30.4. The average molecular weight is 348 g/mol. The number of nitrogens with zero attached hydrogens (tertiary/aromatic N) is 6. The van der Waals surface area contributed by atoms with E-state index in [9.17, 15) is 9.59 Å². The Kier molecular flexibility index (Phi) is 4.89. The molecule has 2 amide bonds. The second kappa shape index (κ2) is 7.08. The largest absolute Gasteiger partial charge is 0.338 e. The summed E-state index contributed by atoms with van der Waals surface area (Å²) in [5, 5.41) is 10.7. The fourth-order valence-electron chi connectivity index (χ4n) is 2.78. The van der Waals surface area contributed by atoms with Crippen LogP contribution in [-0.4, -0.2) is 68.0 Å². The highest BCUT2D eigenvalue weighted by molar-refractivity contribution is 7.14. The lowest BCUT2D eigenvalue weighted by Crippen LogP contribution is -2.51. The first-order valence-electron chi connectivity index (χ1n) is 7.95. The highest BCUT2D eigenvalue weighted by Gasteiger charge is 2.26. The van der Waals surface area contributed by atoms with Crippen molar-refractivity contribution in [1.82, 2.24) is 30.0 Å². The standard InChI is InChI=1S/C15H20N6O2S/c1-3-12-8-13(24-11(12)2)15(23)20-6-4-19(5-7-20)14(22)9-21-10-16-17-18-21/h8,10H,3-7,9H2,1-2H3. The summed E-state index contributed by atoms with van der Waals surface area (Å²) in [6.45, 7) is 6.46. The average Bonchev–Trinajstić information content (AvgIpc) is 3.23. The molecule has 1 saturated heterocycles. The van der Waals surface area contributed by atoms with Gasteiger partial charge in [-0.2, -0.15) is 0 Å². The first-order valence-corrected chi connectivity index (χ1v) is 8.77. The van der Waals surface area contributed by atoms with Crippen molar-refractivity contribution in [2.75, 3.05) is 26.2 Å². The van der Waals surface area contributed by atoms with Gasteiger partial charge in [-0.3, -0.25) is 9.59 Å². The number of rotatable bonds is 4. The lowest BCUT2D eigenvalue weighted by atomic mass is 10.2. The molecule has 8 nitrogen and oxygen atoms in total. The SMILES string of the molecule is CCc1cc(C(=O)N2CCN(C(=O)Cn3cnnn3)CC2)sc1C. The summed E-state index contributed by atoms with van der Waals surface area (Å²) in [7, 11) is 0. The predicted molar refractivity (Wildman–Crippen MR) is 88.7 cm³/mol. The van der Waals surface area contributed by atoms with E-state index in [4.69, 9.17) is 0 Å². The van der Waals surface area contributed by atoms with Crippen LogP contribution < -0.4 is 0 Å². The Labute approximate surface area is 144 Å². The quantitative estimate of drug-likeness (QED) is 0.807. The molecule has 0 radical (unpaired) electrons. The van der Waals surface area contributed by atoms with E-state index in [1.807, 2.05) is 11.0 Å². The van der Waals surface area contributed by atoms with Gasteiger partial charge in [-0.25, -0.2) is 4.68 Å². The predicted octanol–water partition coefficient (Wildman–Crippen LogP) is 0.590. The highest BCUT2D eigenvalue weighted by Crippen LogP contribution is 2.23. The molecule has 128 valence electrons. The zero-order valence-electron chi connectivity index (χ0n) is 13.8. The Morgan fingerprint density at radius 1 is 1.21 bits per heavy atom. The number of aromatic nitrogens is 4. The summed E-state index contributed by atoms with van der Waals surface area (Å²) in [6, 6.07) is 2.00. The fourth-order valence-corrected chi connectivity index (χ4v) is 3.86. The Morgan fingerprint density at radius 2 is 1.92 bits per heavy atom. The van der Waals surface area contributed by atoms with Crippen LogP contribution in [0.4, 0.5) is 0 Å². The molecule has 9 heteroatoms. The smallest absolute Gasteiger partial charge is 0.264 e. The molecule has 0 aromatic carbocycles. The van der Waals surface area contributed by atoms with E-state index >= 15 is 0 Å². The first kappa shape index (κ1) is 16.6. The number of tetrazole rings is 1. The van der Waals surface area contributed by atoms with Crippen LogP contribution in [0.2, 0.25) is 0 Å². The van der Waals surface area contributed by atoms with Gasteiger partial charge >= 0.3 is 0 Å².